The summed E-state index contributed by atoms with van der Waals surface area (Å²) in [7, 11) is -2.77. The third-order valence-electron chi connectivity index (χ3n) is 9.56. The molecule has 1 fully saturated rings. The van der Waals surface area contributed by atoms with Crippen LogP contribution in [0.5, 0.6) is 5.75 Å². The first-order chi connectivity index (χ1) is 27.2. The van der Waals surface area contributed by atoms with Crippen LogP contribution in [0.15, 0.2) is 72.9 Å². The number of ketones is 2. The number of methoxy groups -OCH3 is 1. The van der Waals surface area contributed by atoms with Crippen molar-refractivity contribution < 1.29 is 59.1 Å². The van der Waals surface area contributed by atoms with Crippen LogP contribution in [-0.2, 0) is 41.2 Å². The first-order valence-electron chi connectivity index (χ1n) is 17.8. The van der Waals surface area contributed by atoms with Crippen LogP contribution >= 0.6 is 0 Å². The molecule has 2 aromatic carbocycles. The van der Waals surface area contributed by atoms with Crippen molar-refractivity contribution >= 4 is 39.1 Å². The zero-order chi connectivity index (χ0) is 43.0. The van der Waals surface area contributed by atoms with Gasteiger partial charge in [-0.2, -0.15) is 27.2 Å². The second-order valence-electron chi connectivity index (χ2n) is 14.0. The number of nitrogens with one attached hydrogen (secondary N) is 2. The maximum atomic E-state index is 15.1. The number of likely N-dealkylation sites (tertiary alicyclic amines) is 1. The van der Waals surface area contributed by atoms with Gasteiger partial charge in [0, 0.05) is 31.5 Å². The Morgan fingerprint density at radius 1 is 0.983 bits per heavy atom. The monoisotopic (exact) mass is 833 g/mol. The van der Waals surface area contributed by atoms with E-state index in [-0.39, 0.29) is 17.7 Å². The minimum atomic E-state index is -5.07. The molecule has 4 atom stereocenters. The van der Waals surface area contributed by atoms with Crippen LogP contribution in [0.3, 0.4) is 0 Å². The molecule has 0 unspecified atom stereocenters. The summed E-state index contributed by atoms with van der Waals surface area (Å²) in [5, 5.41) is 11.6. The smallest absolute Gasteiger partial charge is 0.405 e. The standard InChI is InChI=1S/C39H40F5N5O8S/c1-23(2)29(34(51)39(43,44)37(54)47-22-38(40,41)42)18-33(50)32-17-28(58(55,56)21-24-10-12-27(57-3)13-11-24)20-49(32)36(53)31(16-25-7-6-8-26(15-25)19-45)48-35(52)30-9-4-5-14-46-30/h4-15,23,28-29,31-32H,16-18,20-22H2,1-3H3,(H,47,54)(H,48,52)/t28-,29+,31+,32+/m1/s1. The van der Waals surface area contributed by atoms with Crippen LogP contribution in [-0.4, -0.2) is 97.2 Å². The summed E-state index contributed by atoms with van der Waals surface area (Å²) in [6.45, 7) is -0.224. The Labute approximate surface area is 330 Å². The number of nitriles is 1. The molecule has 1 aromatic heterocycles. The second kappa shape index (κ2) is 18.7. The summed E-state index contributed by atoms with van der Waals surface area (Å²) in [6.07, 6.45) is -5.60. The van der Waals surface area contributed by atoms with E-state index in [0.717, 1.165) is 10.2 Å². The van der Waals surface area contributed by atoms with Crippen LogP contribution < -0.4 is 15.4 Å². The summed E-state index contributed by atoms with van der Waals surface area (Å²) < 4.78 is 101. The van der Waals surface area contributed by atoms with Crippen molar-refractivity contribution in [2.75, 3.05) is 20.2 Å². The van der Waals surface area contributed by atoms with E-state index in [1.54, 1.807) is 12.1 Å². The number of amides is 3. The van der Waals surface area contributed by atoms with Crippen LogP contribution in [0.25, 0.3) is 0 Å². The van der Waals surface area contributed by atoms with Gasteiger partial charge in [-0.1, -0.05) is 44.2 Å². The fourth-order valence-electron chi connectivity index (χ4n) is 6.43. The zero-order valence-electron chi connectivity index (χ0n) is 31.5. The lowest BCUT2D eigenvalue weighted by Crippen LogP contribution is -2.54. The van der Waals surface area contributed by atoms with E-state index < -0.39 is 112 Å². The Morgan fingerprint density at radius 3 is 2.26 bits per heavy atom. The van der Waals surface area contributed by atoms with Crippen molar-refractivity contribution in [2.45, 2.75) is 68.3 Å². The number of carbonyl (C=O) groups excluding carboxylic acids is 5. The molecule has 1 saturated heterocycles. The molecule has 2 N–H and O–H groups in total. The van der Waals surface area contributed by atoms with Crippen molar-refractivity contribution in [3.05, 3.63) is 95.3 Å². The minimum Gasteiger partial charge on any atom is -0.497 e. The predicted molar refractivity (Wildman–Crippen MR) is 197 cm³/mol. The van der Waals surface area contributed by atoms with Crippen LogP contribution in [0.1, 0.15) is 53.9 Å². The topological polar surface area (TPSA) is 193 Å². The molecular weight excluding hydrogens is 794 g/mol. The average Bonchev–Trinajstić information content (AvgIpc) is 3.65. The lowest BCUT2D eigenvalue weighted by atomic mass is 9.82. The van der Waals surface area contributed by atoms with Crippen molar-refractivity contribution in [3.8, 4) is 11.8 Å². The highest BCUT2D eigenvalue weighted by Crippen LogP contribution is 2.33. The van der Waals surface area contributed by atoms with Crippen molar-refractivity contribution in [1.82, 2.24) is 20.5 Å². The number of carbonyl (C=O) groups is 5. The average molecular weight is 834 g/mol. The van der Waals surface area contributed by atoms with Gasteiger partial charge in [-0.15, -0.1) is 0 Å². The molecule has 0 spiro atoms. The molecule has 2 heterocycles. The number of aromatic nitrogens is 1. The van der Waals surface area contributed by atoms with E-state index in [2.05, 4.69) is 10.3 Å². The Balaban J connectivity index is 1.72. The maximum absolute atomic E-state index is 15.1. The highest BCUT2D eigenvalue weighted by atomic mass is 32.2. The molecule has 0 bridgehead atoms. The molecule has 19 heteroatoms. The summed E-state index contributed by atoms with van der Waals surface area (Å²) in [4.78, 5) is 72.2. The number of ether oxygens (including phenoxy) is 1. The Kier molecular flexibility index (Phi) is 14.5. The Bertz CT molecular complexity index is 2150. The summed E-state index contributed by atoms with van der Waals surface area (Å²) in [5.74, 6) is -15.6. The maximum Gasteiger partial charge on any atom is 0.405 e. The molecule has 0 aliphatic carbocycles. The van der Waals surface area contributed by atoms with E-state index >= 15 is 8.78 Å². The number of benzene rings is 2. The number of rotatable bonds is 17. The number of halogens is 5. The number of hydrogen-bond donors (Lipinski definition) is 2. The number of hydrogen-bond acceptors (Lipinski definition) is 10. The fraction of sp³-hybridized carbons (Fsp3) is 0.410. The van der Waals surface area contributed by atoms with Crippen LogP contribution in [0.4, 0.5) is 22.0 Å². The SMILES string of the molecule is COc1ccc(CS(=O)(=O)[C@@H]2C[C@@H](C(=O)C[C@H](C(=O)C(F)(F)C(=O)NCC(F)(F)F)C(C)C)N(C(=O)[C@H](Cc3cccc(C#N)c3)NC(=O)c3ccccn3)C2)cc1. The first-order valence-corrected chi connectivity index (χ1v) is 19.5. The normalized spacial score (nSPS) is 16.9. The molecule has 4 rings (SSSR count). The zero-order valence-corrected chi connectivity index (χ0v) is 32.3. The largest absolute Gasteiger partial charge is 0.497 e. The van der Waals surface area contributed by atoms with Crippen molar-refractivity contribution in [3.63, 3.8) is 0 Å². The Morgan fingerprint density at radius 2 is 1.67 bits per heavy atom. The molecule has 0 radical (unpaired) electrons. The number of Topliss-reactive ketones (excluding diaryl/α,β-unsaturated/α-hetero) is 2. The van der Waals surface area contributed by atoms with Gasteiger partial charge >= 0.3 is 12.1 Å². The van der Waals surface area contributed by atoms with E-state index in [4.69, 9.17) is 4.74 Å². The summed E-state index contributed by atoms with van der Waals surface area (Å²) in [6, 6.07) is 15.3. The van der Waals surface area contributed by atoms with Gasteiger partial charge in [0.2, 0.25) is 11.7 Å². The van der Waals surface area contributed by atoms with Gasteiger partial charge in [0.15, 0.2) is 15.6 Å². The van der Waals surface area contributed by atoms with Gasteiger partial charge in [-0.3, -0.25) is 29.0 Å². The molecule has 310 valence electrons. The van der Waals surface area contributed by atoms with Crippen LogP contribution in [0.2, 0.25) is 0 Å². The van der Waals surface area contributed by atoms with Crippen LogP contribution in [0, 0.1) is 23.2 Å². The highest BCUT2D eigenvalue weighted by molar-refractivity contribution is 7.91. The number of alkyl halides is 5. The van der Waals surface area contributed by atoms with Crippen molar-refractivity contribution in [1.29, 1.82) is 5.26 Å². The summed E-state index contributed by atoms with van der Waals surface area (Å²) in [5.41, 5.74) is 0.842. The van der Waals surface area contributed by atoms with E-state index in [1.165, 1.54) is 81.8 Å². The second-order valence-corrected chi connectivity index (χ2v) is 16.3. The van der Waals surface area contributed by atoms with Gasteiger partial charge in [-0.25, -0.2) is 8.42 Å². The predicted octanol–water partition coefficient (Wildman–Crippen LogP) is 4.00. The van der Waals surface area contributed by atoms with Gasteiger partial charge in [0.25, 0.3) is 11.8 Å². The van der Waals surface area contributed by atoms with Gasteiger partial charge in [0.1, 0.15) is 24.0 Å². The van der Waals surface area contributed by atoms with Gasteiger partial charge < -0.3 is 20.3 Å². The summed E-state index contributed by atoms with van der Waals surface area (Å²) >= 11 is 0. The van der Waals surface area contributed by atoms with Crippen molar-refractivity contribution in [2.24, 2.45) is 11.8 Å². The quantitative estimate of drug-likeness (QED) is 0.148. The highest BCUT2D eigenvalue weighted by Gasteiger charge is 2.53. The molecule has 58 heavy (non-hydrogen) atoms. The molecule has 13 nitrogen and oxygen atoms in total. The fourth-order valence-corrected chi connectivity index (χ4v) is 8.19. The molecule has 3 aromatic rings. The molecule has 3 amide bonds. The van der Waals surface area contributed by atoms with Gasteiger partial charge in [-0.05, 0) is 59.9 Å². The lowest BCUT2D eigenvalue weighted by Gasteiger charge is -2.30. The van der Waals surface area contributed by atoms with E-state index in [0.29, 0.717) is 16.9 Å². The van der Waals surface area contributed by atoms with E-state index in [1.807, 2.05) is 6.07 Å². The molecule has 1 aliphatic heterocycles. The molecular formula is C39H40F5N5O8S. The molecule has 0 saturated carbocycles. The first kappa shape index (κ1) is 44.9. The third kappa shape index (κ3) is 11.4. The lowest BCUT2D eigenvalue weighted by molar-refractivity contribution is -0.167. The van der Waals surface area contributed by atoms with Gasteiger partial charge in [0.05, 0.1) is 35.8 Å². The number of sulfone groups is 1. The Hall–Kier alpha value is -5.77. The minimum absolute atomic E-state index is 0.0986. The third-order valence-corrected chi connectivity index (χ3v) is 11.6. The van der Waals surface area contributed by atoms with E-state index in [9.17, 15) is 50.8 Å². The number of pyridine rings is 1. The molecule has 1 aliphatic rings. The number of nitrogens with zero attached hydrogens (tertiary/aromatic N) is 3.